The van der Waals surface area contributed by atoms with Crippen molar-refractivity contribution in [1.82, 2.24) is 0 Å². The molecule has 0 heterocycles. The molecule has 2 nitrogen and oxygen atoms in total. The molecule has 0 radical (unpaired) electrons. The van der Waals surface area contributed by atoms with E-state index < -0.39 is 11.0 Å². The first-order valence-electron chi connectivity index (χ1n) is 7.80. The van der Waals surface area contributed by atoms with Crippen LogP contribution in [-0.4, -0.2) is 10.7 Å². The largest absolute Gasteiger partial charge is 0.388 e. The van der Waals surface area contributed by atoms with Gasteiger partial charge in [-0.15, -0.1) is 0 Å². The highest BCUT2D eigenvalue weighted by Crippen LogP contribution is 2.47. The number of nitrogens with zero attached hydrogens (tertiary/aromatic N) is 1. The van der Waals surface area contributed by atoms with Crippen LogP contribution in [-0.2, 0) is 6.42 Å². The van der Waals surface area contributed by atoms with E-state index in [1.807, 2.05) is 0 Å². The minimum absolute atomic E-state index is 0.302. The normalized spacial score (nSPS) is 28.6. The van der Waals surface area contributed by atoms with Gasteiger partial charge < -0.3 is 5.11 Å². The number of hydrogen-bond acceptors (Lipinski definition) is 2. The first-order valence-corrected chi connectivity index (χ1v) is 7.80. The molecule has 21 heavy (non-hydrogen) atoms. The maximum Gasteiger partial charge on any atom is 0.123 e. The van der Waals surface area contributed by atoms with Gasteiger partial charge in [-0.1, -0.05) is 25.5 Å². The maximum atomic E-state index is 13.3. The van der Waals surface area contributed by atoms with Crippen LogP contribution in [0.1, 0.15) is 51.5 Å². The van der Waals surface area contributed by atoms with Crippen molar-refractivity contribution in [3.8, 4) is 6.07 Å². The zero-order chi connectivity index (χ0) is 15.5. The van der Waals surface area contributed by atoms with E-state index in [0.717, 1.165) is 37.7 Å². The molecule has 1 N–H and O–H groups in total. The fourth-order valence-corrected chi connectivity index (χ4v) is 3.56. The van der Waals surface area contributed by atoms with Crippen molar-refractivity contribution in [3.63, 3.8) is 0 Å². The Hall–Kier alpha value is -1.40. The second-order valence-corrected chi connectivity index (χ2v) is 6.63. The molecule has 0 aliphatic heterocycles. The van der Waals surface area contributed by atoms with E-state index in [2.05, 4.69) is 13.0 Å². The average molecular weight is 289 g/mol. The lowest BCUT2D eigenvalue weighted by Gasteiger charge is -2.44. The molecule has 1 fully saturated rings. The van der Waals surface area contributed by atoms with Crippen molar-refractivity contribution in [1.29, 1.82) is 5.26 Å². The Bertz CT molecular complexity index is 524. The number of nitriles is 1. The monoisotopic (exact) mass is 289 g/mol. The highest BCUT2D eigenvalue weighted by molar-refractivity contribution is 5.22. The Balaban J connectivity index is 2.18. The fourth-order valence-electron chi connectivity index (χ4n) is 3.56. The molecular formula is C18H24FNO. The molecule has 0 spiro atoms. The van der Waals surface area contributed by atoms with Gasteiger partial charge in [0.25, 0.3) is 0 Å². The minimum Gasteiger partial charge on any atom is -0.388 e. The SMILES string of the molecule is CCC1CCC(C#N)(C(C)(O)Cc2cccc(F)c2)CC1. The summed E-state index contributed by atoms with van der Waals surface area (Å²) >= 11 is 0. The number of hydrogen-bond donors (Lipinski definition) is 1. The molecule has 1 unspecified atom stereocenters. The molecule has 2 rings (SSSR count). The van der Waals surface area contributed by atoms with Gasteiger partial charge in [0.15, 0.2) is 0 Å². The van der Waals surface area contributed by atoms with Gasteiger partial charge in [0.05, 0.1) is 17.1 Å². The number of benzene rings is 1. The molecule has 0 bridgehead atoms. The Morgan fingerprint density at radius 1 is 1.43 bits per heavy atom. The van der Waals surface area contributed by atoms with Crippen molar-refractivity contribution in [2.24, 2.45) is 11.3 Å². The zero-order valence-corrected chi connectivity index (χ0v) is 12.9. The molecule has 0 aromatic heterocycles. The number of aliphatic hydroxyl groups is 1. The van der Waals surface area contributed by atoms with Crippen molar-refractivity contribution >= 4 is 0 Å². The first-order chi connectivity index (χ1) is 9.92. The molecule has 1 saturated carbocycles. The van der Waals surface area contributed by atoms with Crippen LogP contribution in [0.3, 0.4) is 0 Å². The Morgan fingerprint density at radius 2 is 2.10 bits per heavy atom. The van der Waals surface area contributed by atoms with Crippen LogP contribution in [0.15, 0.2) is 24.3 Å². The van der Waals surface area contributed by atoms with Crippen molar-refractivity contribution in [2.45, 2.75) is 58.0 Å². The molecule has 1 aromatic carbocycles. The summed E-state index contributed by atoms with van der Waals surface area (Å²) in [6.07, 6.45) is 4.88. The summed E-state index contributed by atoms with van der Waals surface area (Å²) in [5.41, 5.74) is -1.11. The lowest BCUT2D eigenvalue weighted by molar-refractivity contribution is -0.0633. The van der Waals surface area contributed by atoms with Crippen molar-refractivity contribution < 1.29 is 9.50 Å². The van der Waals surface area contributed by atoms with Crippen LogP contribution in [0.2, 0.25) is 0 Å². The van der Waals surface area contributed by atoms with E-state index in [4.69, 9.17) is 0 Å². The van der Waals surface area contributed by atoms with Gasteiger partial charge in [0.2, 0.25) is 0 Å². The third-order valence-electron chi connectivity index (χ3n) is 5.22. The summed E-state index contributed by atoms with van der Waals surface area (Å²) in [7, 11) is 0. The standard InChI is InChI=1S/C18H24FNO/c1-3-14-7-9-18(13-20,10-8-14)17(2,21)12-15-5-4-6-16(19)11-15/h4-6,11,14,21H,3,7-10,12H2,1-2H3. The summed E-state index contributed by atoms with van der Waals surface area (Å²) < 4.78 is 13.3. The number of halogens is 1. The number of rotatable bonds is 4. The highest BCUT2D eigenvalue weighted by Gasteiger charge is 2.49. The predicted molar refractivity (Wildman–Crippen MR) is 81.0 cm³/mol. The quantitative estimate of drug-likeness (QED) is 0.901. The van der Waals surface area contributed by atoms with Gasteiger partial charge in [0, 0.05) is 6.42 Å². The van der Waals surface area contributed by atoms with Gasteiger partial charge >= 0.3 is 0 Å². The molecular weight excluding hydrogens is 265 g/mol. The Labute approximate surface area is 126 Å². The summed E-state index contributed by atoms with van der Waals surface area (Å²) in [5.74, 6) is 0.362. The van der Waals surface area contributed by atoms with Crippen LogP contribution in [0.4, 0.5) is 4.39 Å². The fraction of sp³-hybridized carbons (Fsp3) is 0.611. The van der Waals surface area contributed by atoms with E-state index in [1.165, 1.54) is 12.1 Å². The summed E-state index contributed by atoms with van der Waals surface area (Å²) in [6.45, 7) is 3.91. The molecule has 114 valence electrons. The van der Waals surface area contributed by atoms with Crippen LogP contribution >= 0.6 is 0 Å². The van der Waals surface area contributed by atoms with Crippen molar-refractivity contribution in [2.75, 3.05) is 0 Å². The molecule has 3 heteroatoms. The Morgan fingerprint density at radius 3 is 2.62 bits per heavy atom. The molecule has 1 aromatic rings. The third-order valence-corrected chi connectivity index (χ3v) is 5.22. The van der Waals surface area contributed by atoms with E-state index in [0.29, 0.717) is 12.3 Å². The van der Waals surface area contributed by atoms with Gasteiger partial charge in [-0.2, -0.15) is 5.26 Å². The van der Waals surface area contributed by atoms with Crippen molar-refractivity contribution in [3.05, 3.63) is 35.6 Å². The molecule has 1 aliphatic carbocycles. The average Bonchev–Trinajstić information content (AvgIpc) is 2.46. The van der Waals surface area contributed by atoms with E-state index >= 15 is 0 Å². The van der Waals surface area contributed by atoms with Crippen LogP contribution < -0.4 is 0 Å². The lowest BCUT2D eigenvalue weighted by atomic mass is 9.61. The van der Waals surface area contributed by atoms with Crippen LogP contribution in [0, 0.1) is 28.5 Å². The maximum absolute atomic E-state index is 13.3. The van der Waals surface area contributed by atoms with E-state index in [1.54, 1.807) is 19.1 Å². The topological polar surface area (TPSA) is 44.0 Å². The molecule has 0 amide bonds. The van der Waals surface area contributed by atoms with Gasteiger partial charge in [0.1, 0.15) is 5.82 Å². The predicted octanol–water partition coefficient (Wildman–Crippen LogP) is 4.23. The molecule has 1 atom stereocenters. The van der Waals surface area contributed by atoms with Gasteiger partial charge in [-0.05, 0) is 56.2 Å². The second-order valence-electron chi connectivity index (χ2n) is 6.63. The minimum atomic E-state index is -1.13. The lowest BCUT2D eigenvalue weighted by Crippen LogP contribution is -2.48. The summed E-state index contributed by atoms with van der Waals surface area (Å²) in [5, 5.41) is 20.6. The Kier molecular flexibility index (Phi) is 4.68. The van der Waals surface area contributed by atoms with E-state index in [9.17, 15) is 14.8 Å². The van der Waals surface area contributed by atoms with Crippen LogP contribution in [0.5, 0.6) is 0 Å². The second kappa shape index (κ2) is 6.15. The van der Waals surface area contributed by atoms with Crippen LogP contribution in [0.25, 0.3) is 0 Å². The smallest absolute Gasteiger partial charge is 0.123 e. The van der Waals surface area contributed by atoms with E-state index in [-0.39, 0.29) is 5.82 Å². The van der Waals surface area contributed by atoms with Gasteiger partial charge in [-0.25, -0.2) is 4.39 Å². The third kappa shape index (κ3) is 3.27. The van der Waals surface area contributed by atoms with Gasteiger partial charge in [-0.3, -0.25) is 0 Å². The summed E-state index contributed by atoms with van der Waals surface area (Å²) in [6, 6.07) is 8.68. The molecule has 1 aliphatic rings. The zero-order valence-electron chi connectivity index (χ0n) is 12.9. The molecule has 0 saturated heterocycles. The summed E-state index contributed by atoms with van der Waals surface area (Å²) in [4.78, 5) is 0. The first kappa shape index (κ1) is 16.0. The highest BCUT2D eigenvalue weighted by atomic mass is 19.1.